The predicted octanol–water partition coefficient (Wildman–Crippen LogP) is 2.23. The maximum atomic E-state index is 12.8. The number of hydrogen-bond donors (Lipinski definition) is 1. The molecule has 4 heteroatoms. The Morgan fingerprint density at radius 3 is 2.45 bits per heavy atom. The van der Waals surface area contributed by atoms with Crippen LogP contribution in [-0.4, -0.2) is 41.9 Å². The second-order valence-electron chi connectivity index (χ2n) is 6.83. The van der Waals surface area contributed by atoms with E-state index in [9.17, 15) is 9.90 Å². The Labute approximate surface area is 120 Å². The Kier molecular flexibility index (Phi) is 4.16. The molecule has 2 atom stereocenters. The number of carbonyl (C=O) groups is 1. The van der Waals surface area contributed by atoms with Gasteiger partial charge in [0.25, 0.3) is 0 Å². The molecule has 0 aromatic heterocycles. The molecule has 3 rings (SSSR count). The van der Waals surface area contributed by atoms with Crippen LogP contribution in [0.25, 0.3) is 0 Å². The van der Waals surface area contributed by atoms with Gasteiger partial charge in [0.1, 0.15) is 5.60 Å². The average Bonchev–Trinajstić information content (AvgIpc) is 2.77. The van der Waals surface area contributed by atoms with Crippen LogP contribution in [0.3, 0.4) is 0 Å². The lowest BCUT2D eigenvalue weighted by molar-refractivity contribution is -0.155. The highest BCUT2D eigenvalue weighted by atomic mass is 16.6. The van der Waals surface area contributed by atoms with Crippen LogP contribution >= 0.6 is 0 Å². The fraction of sp³-hybridized carbons (Fsp3) is 0.938. The van der Waals surface area contributed by atoms with Crippen molar-refractivity contribution in [2.45, 2.75) is 69.0 Å². The molecule has 2 saturated heterocycles. The number of rotatable bonds is 2. The van der Waals surface area contributed by atoms with Gasteiger partial charge in [0.15, 0.2) is 5.78 Å². The zero-order valence-corrected chi connectivity index (χ0v) is 12.2. The van der Waals surface area contributed by atoms with Gasteiger partial charge in [-0.15, -0.1) is 0 Å². The van der Waals surface area contributed by atoms with Gasteiger partial charge in [-0.1, -0.05) is 25.7 Å². The summed E-state index contributed by atoms with van der Waals surface area (Å²) in [5, 5.41) is 10.8. The largest absolute Gasteiger partial charge is 0.382 e. The molecule has 0 bridgehead atoms. The highest BCUT2D eigenvalue weighted by molar-refractivity contribution is 5.89. The molecule has 2 aliphatic heterocycles. The zero-order chi connectivity index (χ0) is 14.1. The Balaban J connectivity index is 1.69. The second-order valence-corrected chi connectivity index (χ2v) is 6.83. The van der Waals surface area contributed by atoms with E-state index in [2.05, 4.69) is 0 Å². The van der Waals surface area contributed by atoms with Crippen LogP contribution in [0.2, 0.25) is 0 Å². The molecule has 2 unspecified atom stereocenters. The van der Waals surface area contributed by atoms with Gasteiger partial charge < -0.3 is 14.6 Å². The van der Waals surface area contributed by atoms with Crippen molar-refractivity contribution < 1.29 is 19.4 Å². The van der Waals surface area contributed by atoms with Crippen molar-refractivity contribution in [2.24, 2.45) is 5.92 Å². The van der Waals surface area contributed by atoms with Crippen molar-refractivity contribution in [3.8, 4) is 0 Å². The SMILES string of the molecule is O=C(C1CCOC2(CCOC2)C1)C1(O)CCCCCC1. The van der Waals surface area contributed by atoms with Gasteiger partial charge in [0, 0.05) is 25.6 Å². The van der Waals surface area contributed by atoms with Gasteiger partial charge in [-0.2, -0.15) is 0 Å². The molecule has 3 aliphatic rings. The molecule has 0 aromatic rings. The Bertz CT molecular complexity index is 351. The molecule has 1 saturated carbocycles. The fourth-order valence-electron chi connectivity index (χ4n) is 4.05. The van der Waals surface area contributed by atoms with Crippen molar-refractivity contribution in [3.63, 3.8) is 0 Å². The highest BCUT2D eigenvalue weighted by Gasteiger charge is 2.47. The van der Waals surface area contributed by atoms with E-state index in [1.807, 2.05) is 0 Å². The predicted molar refractivity (Wildman–Crippen MR) is 74.5 cm³/mol. The van der Waals surface area contributed by atoms with Crippen LogP contribution < -0.4 is 0 Å². The van der Waals surface area contributed by atoms with Gasteiger partial charge in [-0.05, 0) is 25.7 Å². The van der Waals surface area contributed by atoms with Gasteiger partial charge in [-0.25, -0.2) is 0 Å². The summed E-state index contributed by atoms with van der Waals surface area (Å²) in [5.41, 5.74) is -1.32. The third-order valence-corrected chi connectivity index (χ3v) is 5.32. The molecule has 4 nitrogen and oxygen atoms in total. The van der Waals surface area contributed by atoms with Gasteiger partial charge >= 0.3 is 0 Å². The molecule has 1 aliphatic carbocycles. The standard InChI is InChI=1S/C16H26O4/c17-14(16(18)6-3-1-2-4-7-16)13-5-9-20-15(11-13)8-10-19-12-15/h13,18H,1-12H2. The summed E-state index contributed by atoms with van der Waals surface area (Å²) in [6, 6.07) is 0. The fourth-order valence-corrected chi connectivity index (χ4v) is 4.05. The lowest BCUT2D eigenvalue weighted by atomic mass is 9.75. The van der Waals surface area contributed by atoms with Crippen molar-refractivity contribution >= 4 is 5.78 Å². The molecular formula is C16H26O4. The first-order chi connectivity index (χ1) is 9.64. The molecule has 114 valence electrons. The van der Waals surface area contributed by atoms with Crippen molar-refractivity contribution in [1.29, 1.82) is 0 Å². The van der Waals surface area contributed by atoms with Crippen LogP contribution in [0, 0.1) is 5.92 Å². The van der Waals surface area contributed by atoms with E-state index in [-0.39, 0.29) is 17.3 Å². The zero-order valence-electron chi connectivity index (χ0n) is 12.2. The monoisotopic (exact) mass is 282 g/mol. The molecule has 0 amide bonds. The van der Waals surface area contributed by atoms with Crippen LogP contribution in [0.4, 0.5) is 0 Å². The molecule has 20 heavy (non-hydrogen) atoms. The summed E-state index contributed by atoms with van der Waals surface area (Å²) in [4.78, 5) is 12.8. The average molecular weight is 282 g/mol. The molecule has 0 radical (unpaired) electrons. The van der Waals surface area contributed by atoms with Crippen LogP contribution in [0.5, 0.6) is 0 Å². The topological polar surface area (TPSA) is 55.8 Å². The quantitative estimate of drug-likeness (QED) is 0.789. The molecule has 1 N–H and O–H groups in total. The summed E-state index contributed by atoms with van der Waals surface area (Å²) in [6.45, 7) is 1.95. The smallest absolute Gasteiger partial charge is 0.167 e. The van der Waals surface area contributed by atoms with Gasteiger partial charge in [0.05, 0.1) is 12.2 Å². The molecule has 0 aromatic carbocycles. The number of ether oxygens (including phenoxy) is 2. The van der Waals surface area contributed by atoms with E-state index in [0.29, 0.717) is 26.1 Å². The van der Waals surface area contributed by atoms with Crippen molar-refractivity contribution in [2.75, 3.05) is 19.8 Å². The van der Waals surface area contributed by atoms with Crippen LogP contribution in [-0.2, 0) is 14.3 Å². The Hall–Kier alpha value is -0.450. The van der Waals surface area contributed by atoms with E-state index in [0.717, 1.165) is 51.6 Å². The summed E-state index contributed by atoms with van der Waals surface area (Å²) in [5.74, 6) is 0.0301. The van der Waals surface area contributed by atoms with Crippen LogP contribution in [0.15, 0.2) is 0 Å². The lowest BCUT2D eigenvalue weighted by Gasteiger charge is -2.39. The Morgan fingerprint density at radius 1 is 1.05 bits per heavy atom. The molecule has 3 fully saturated rings. The minimum Gasteiger partial charge on any atom is -0.382 e. The van der Waals surface area contributed by atoms with E-state index in [1.54, 1.807) is 0 Å². The Morgan fingerprint density at radius 2 is 1.80 bits per heavy atom. The summed E-state index contributed by atoms with van der Waals surface area (Å²) in [7, 11) is 0. The van der Waals surface area contributed by atoms with E-state index in [4.69, 9.17) is 9.47 Å². The number of carbonyl (C=O) groups excluding carboxylic acids is 1. The third-order valence-electron chi connectivity index (χ3n) is 5.32. The maximum Gasteiger partial charge on any atom is 0.167 e. The van der Waals surface area contributed by atoms with Gasteiger partial charge in [-0.3, -0.25) is 4.79 Å². The molecule has 1 spiro atoms. The molecular weight excluding hydrogens is 256 g/mol. The third kappa shape index (κ3) is 2.78. The van der Waals surface area contributed by atoms with Crippen LogP contribution in [0.1, 0.15) is 57.8 Å². The second kappa shape index (κ2) is 5.74. The van der Waals surface area contributed by atoms with Crippen molar-refractivity contribution in [3.05, 3.63) is 0 Å². The summed E-state index contributed by atoms with van der Waals surface area (Å²) >= 11 is 0. The van der Waals surface area contributed by atoms with Gasteiger partial charge in [0.2, 0.25) is 0 Å². The lowest BCUT2D eigenvalue weighted by Crippen LogP contribution is -2.49. The summed E-state index contributed by atoms with van der Waals surface area (Å²) < 4.78 is 11.4. The minimum absolute atomic E-state index is 0.0476. The van der Waals surface area contributed by atoms with E-state index >= 15 is 0 Å². The van der Waals surface area contributed by atoms with E-state index < -0.39 is 5.60 Å². The normalized spacial score (nSPS) is 37.8. The van der Waals surface area contributed by atoms with Crippen molar-refractivity contribution in [1.82, 2.24) is 0 Å². The number of aliphatic hydroxyl groups is 1. The number of hydrogen-bond acceptors (Lipinski definition) is 4. The maximum absolute atomic E-state index is 12.8. The highest BCUT2D eigenvalue weighted by Crippen LogP contribution is 2.39. The minimum atomic E-state index is -1.07. The van der Waals surface area contributed by atoms with E-state index in [1.165, 1.54) is 0 Å². The number of ketones is 1. The first-order valence-corrected chi connectivity index (χ1v) is 8.12. The number of Topliss-reactive ketones (excluding diaryl/α,β-unsaturated/α-hetero) is 1. The first-order valence-electron chi connectivity index (χ1n) is 8.12. The molecule has 2 heterocycles. The first kappa shape index (κ1) is 14.5. The summed E-state index contributed by atoms with van der Waals surface area (Å²) in [6.07, 6.45) is 7.88.